The molecule has 0 saturated heterocycles. The molecule has 0 spiro atoms. The summed E-state index contributed by atoms with van der Waals surface area (Å²) in [5.74, 6) is 1.67. The number of halogens is 1. The van der Waals surface area contributed by atoms with Crippen molar-refractivity contribution in [2.24, 2.45) is 0 Å². The van der Waals surface area contributed by atoms with E-state index in [1.807, 2.05) is 31.2 Å². The van der Waals surface area contributed by atoms with Gasteiger partial charge < -0.3 is 4.42 Å². The highest BCUT2D eigenvalue weighted by atomic mass is 35.5. The van der Waals surface area contributed by atoms with E-state index in [1.54, 1.807) is 12.4 Å². The number of rotatable bonds is 3. The lowest BCUT2D eigenvalue weighted by Crippen LogP contribution is -1.87. The Morgan fingerprint density at radius 2 is 1.75 bits per heavy atom. The molecular weight excluding hydrogens is 276 g/mol. The number of aromatic nitrogens is 4. The van der Waals surface area contributed by atoms with Crippen LogP contribution in [0.25, 0.3) is 11.5 Å². The van der Waals surface area contributed by atoms with E-state index in [4.69, 9.17) is 16.0 Å². The lowest BCUT2D eigenvalue weighted by molar-refractivity contribution is 0.517. The van der Waals surface area contributed by atoms with E-state index in [9.17, 15) is 0 Å². The van der Waals surface area contributed by atoms with Gasteiger partial charge in [0.2, 0.25) is 5.89 Å². The number of nitrogens with zero attached hydrogens (tertiary/aromatic N) is 4. The van der Waals surface area contributed by atoms with Crippen molar-refractivity contribution in [3.8, 4) is 11.5 Å². The zero-order valence-electron chi connectivity index (χ0n) is 10.7. The van der Waals surface area contributed by atoms with Gasteiger partial charge in [0.05, 0.1) is 12.0 Å². The van der Waals surface area contributed by atoms with Crippen LogP contribution in [0, 0.1) is 6.92 Å². The van der Waals surface area contributed by atoms with Gasteiger partial charge in [-0.25, -0.2) is 9.97 Å². The summed E-state index contributed by atoms with van der Waals surface area (Å²) in [5.41, 5.74) is 1.77. The Morgan fingerprint density at radius 1 is 1.05 bits per heavy atom. The molecular formula is C14H11ClN4O. The Morgan fingerprint density at radius 3 is 2.45 bits per heavy atom. The molecule has 1 aromatic carbocycles. The molecule has 100 valence electrons. The van der Waals surface area contributed by atoms with Crippen molar-refractivity contribution in [1.29, 1.82) is 0 Å². The first kappa shape index (κ1) is 12.7. The highest BCUT2D eigenvalue weighted by Gasteiger charge is 2.09. The Labute approximate surface area is 120 Å². The van der Waals surface area contributed by atoms with E-state index in [0.717, 1.165) is 5.56 Å². The van der Waals surface area contributed by atoms with Gasteiger partial charge in [-0.2, -0.15) is 0 Å². The third-order valence-electron chi connectivity index (χ3n) is 2.76. The zero-order valence-corrected chi connectivity index (χ0v) is 11.5. The van der Waals surface area contributed by atoms with Crippen molar-refractivity contribution < 1.29 is 4.42 Å². The van der Waals surface area contributed by atoms with E-state index >= 15 is 0 Å². The molecule has 20 heavy (non-hydrogen) atoms. The van der Waals surface area contributed by atoms with Crippen molar-refractivity contribution in [3.05, 3.63) is 59.0 Å². The first-order valence-electron chi connectivity index (χ1n) is 6.06. The van der Waals surface area contributed by atoms with Gasteiger partial charge >= 0.3 is 0 Å². The number of benzene rings is 1. The van der Waals surface area contributed by atoms with Gasteiger partial charge in [-0.3, -0.25) is 0 Å². The van der Waals surface area contributed by atoms with Crippen LogP contribution in [0.2, 0.25) is 5.02 Å². The fourth-order valence-electron chi connectivity index (χ4n) is 1.72. The number of hydrogen-bond acceptors (Lipinski definition) is 5. The van der Waals surface area contributed by atoms with Crippen molar-refractivity contribution in [3.63, 3.8) is 0 Å². The van der Waals surface area contributed by atoms with Gasteiger partial charge in [-0.05, 0) is 24.6 Å². The van der Waals surface area contributed by atoms with Crippen molar-refractivity contribution in [1.82, 2.24) is 20.2 Å². The van der Waals surface area contributed by atoms with E-state index in [0.29, 0.717) is 34.6 Å². The molecule has 2 heterocycles. The summed E-state index contributed by atoms with van der Waals surface area (Å²) in [6.45, 7) is 1.82. The van der Waals surface area contributed by atoms with E-state index < -0.39 is 0 Å². The summed E-state index contributed by atoms with van der Waals surface area (Å²) < 4.78 is 5.61. The maximum absolute atomic E-state index is 5.85. The Bertz CT molecular complexity index is 707. The maximum atomic E-state index is 5.85. The molecule has 0 aliphatic heterocycles. The monoisotopic (exact) mass is 286 g/mol. The Balaban J connectivity index is 1.80. The van der Waals surface area contributed by atoms with Crippen LogP contribution in [-0.4, -0.2) is 20.2 Å². The molecule has 0 bridgehead atoms. The summed E-state index contributed by atoms with van der Waals surface area (Å²) in [7, 11) is 0. The molecule has 0 aliphatic carbocycles. The van der Waals surface area contributed by atoms with Crippen LogP contribution in [0.1, 0.15) is 17.3 Å². The minimum absolute atomic E-state index is 0.425. The van der Waals surface area contributed by atoms with Crippen LogP contribution in [0.5, 0.6) is 0 Å². The predicted octanol–water partition coefficient (Wildman–Crippen LogP) is 3.08. The smallest absolute Gasteiger partial charge is 0.250 e. The third-order valence-corrected chi connectivity index (χ3v) is 3.02. The largest absolute Gasteiger partial charge is 0.420 e. The Kier molecular flexibility index (Phi) is 3.43. The molecule has 2 aromatic heterocycles. The standard InChI is InChI=1S/C14H11ClN4O/c1-9-16-7-11(8-17-9)14-19-18-13(20-14)6-10-2-4-12(15)5-3-10/h2-5,7-8H,6H2,1H3. The quantitative estimate of drug-likeness (QED) is 0.740. The number of aryl methyl sites for hydroxylation is 1. The normalized spacial score (nSPS) is 10.7. The van der Waals surface area contributed by atoms with Crippen molar-refractivity contribution in [2.45, 2.75) is 13.3 Å². The van der Waals surface area contributed by atoms with Crippen LogP contribution >= 0.6 is 11.6 Å². The van der Waals surface area contributed by atoms with E-state index in [2.05, 4.69) is 20.2 Å². The second-order valence-electron chi connectivity index (χ2n) is 4.32. The molecule has 0 amide bonds. The summed E-state index contributed by atoms with van der Waals surface area (Å²) in [6.07, 6.45) is 3.90. The second-order valence-corrected chi connectivity index (χ2v) is 4.76. The Hall–Kier alpha value is -2.27. The molecule has 0 radical (unpaired) electrons. The molecule has 0 atom stereocenters. The minimum atomic E-state index is 0.425. The minimum Gasteiger partial charge on any atom is -0.420 e. The molecule has 6 heteroatoms. The van der Waals surface area contributed by atoms with Gasteiger partial charge in [-0.1, -0.05) is 23.7 Å². The lowest BCUT2D eigenvalue weighted by Gasteiger charge is -1.97. The second kappa shape index (κ2) is 5.38. The molecule has 0 aliphatic rings. The molecule has 0 unspecified atom stereocenters. The summed E-state index contributed by atoms with van der Waals surface area (Å²) in [6, 6.07) is 7.53. The van der Waals surface area contributed by atoms with Gasteiger partial charge in [-0.15, -0.1) is 10.2 Å². The molecule has 5 nitrogen and oxygen atoms in total. The summed E-state index contributed by atoms with van der Waals surface area (Å²) in [4.78, 5) is 8.21. The third kappa shape index (κ3) is 2.83. The van der Waals surface area contributed by atoms with E-state index in [1.165, 1.54) is 0 Å². The van der Waals surface area contributed by atoms with Crippen molar-refractivity contribution >= 4 is 11.6 Å². The molecule has 3 aromatic rings. The van der Waals surface area contributed by atoms with Crippen LogP contribution < -0.4 is 0 Å². The molecule has 0 N–H and O–H groups in total. The van der Waals surface area contributed by atoms with Crippen LogP contribution in [-0.2, 0) is 6.42 Å². The molecule has 0 saturated carbocycles. The van der Waals surface area contributed by atoms with Gasteiger partial charge in [0.1, 0.15) is 5.82 Å². The average molecular weight is 287 g/mol. The van der Waals surface area contributed by atoms with E-state index in [-0.39, 0.29) is 0 Å². The zero-order chi connectivity index (χ0) is 13.9. The fourth-order valence-corrected chi connectivity index (χ4v) is 1.85. The first-order chi connectivity index (χ1) is 9.70. The first-order valence-corrected chi connectivity index (χ1v) is 6.44. The lowest BCUT2D eigenvalue weighted by atomic mass is 10.1. The van der Waals surface area contributed by atoms with Crippen LogP contribution in [0.3, 0.4) is 0 Å². The topological polar surface area (TPSA) is 64.7 Å². The van der Waals surface area contributed by atoms with Gasteiger partial charge in [0.15, 0.2) is 0 Å². The maximum Gasteiger partial charge on any atom is 0.250 e. The van der Waals surface area contributed by atoms with Gasteiger partial charge in [0.25, 0.3) is 5.89 Å². The SMILES string of the molecule is Cc1ncc(-c2nnc(Cc3ccc(Cl)cc3)o2)cn1. The van der Waals surface area contributed by atoms with Crippen LogP contribution in [0.15, 0.2) is 41.1 Å². The highest BCUT2D eigenvalue weighted by Crippen LogP contribution is 2.18. The predicted molar refractivity (Wildman–Crippen MR) is 74.3 cm³/mol. The summed E-state index contributed by atoms with van der Waals surface area (Å²) >= 11 is 5.85. The molecule has 0 fully saturated rings. The van der Waals surface area contributed by atoms with Crippen molar-refractivity contribution in [2.75, 3.05) is 0 Å². The fraction of sp³-hybridized carbons (Fsp3) is 0.143. The highest BCUT2D eigenvalue weighted by molar-refractivity contribution is 6.30. The van der Waals surface area contributed by atoms with Gasteiger partial charge in [0, 0.05) is 17.4 Å². The number of hydrogen-bond donors (Lipinski definition) is 0. The summed E-state index contributed by atoms with van der Waals surface area (Å²) in [5, 5.41) is 8.74. The molecule has 3 rings (SSSR count). The van der Waals surface area contributed by atoms with Crippen LogP contribution in [0.4, 0.5) is 0 Å². The average Bonchev–Trinajstić information content (AvgIpc) is 2.91.